The van der Waals surface area contributed by atoms with Crippen molar-refractivity contribution in [3.05, 3.63) is 64.0 Å². The molecule has 1 amide bonds. The average molecular weight is 659 g/mol. The number of guanidine groups is 1. The molecule has 2 atom stereocenters. The molecule has 1 saturated heterocycles. The molecular formula is C25H23ClN10O6S2. The predicted molar refractivity (Wildman–Crippen MR) is 157 cm³/mol. The van der Waals surface area contributed by atoms with Gasteiger partial charge in [-0.1, -0.05) is 28.1 Å². The third kappa shape index (κ3) is 5.16. The fourth-order valence-corrected chi connectivity index (χ4v) is 7.58. The van der Waals surface area contributed by atoms with Gasteiger partial charge in [0.15, 0.2) is 28.8 Å². The highest BCUT2D eigenvalue weighted by molar-refractivity contribution is 8.00. The second kappa shape index (κ2) is 11.4. The normalized spacial score (nSPS) is 18.4. The Morgan fingerprint density at radius 3 is 2.80 bits per heavy atom. The lowest BCUT2D eigenvalue weighted by molar-refractivity contribution is -0.663. The van der Waals surface area contributed by atoms with E-state index in [-0.39, 0.29) is 45.5 Å². The summed E-state index contributed by atoms with van der Waals surface area (Å²) in [5, 5.41) is 24.2. The van der Waals surface area contributed by atoms with E-state index in [9.17, 15) is 24.7 Å². The maximum absolute atomic E-state index is 13.2. The standard InChI is InChI=1S/C25H23ClN10O6S2/c26-20-18(31-25(29)44-20)17(32-41)15(37)6-14-21(38)36-19(23(39)40)11(10-43-22(14)36)7-34-2-1-16-33(3-4-35(16)34)8-13-5-12(9-42-13)30-24(27)28/h1-5,9,14,22H,6-8,10H2,(H7-,27,28,29,30,31,37,39,40,41)/t14-,22-/m1/s1. The first-order valence-corrected chi connectivity index (χ1v) is 15.1. The van der Waals surface area contributed by atoms with Crippen molar-refractivity contribution < 1.29 is 33.7 Å². The number of halogens is 1. The first kappa shape index (κ1) is 29.3. The van der Waals surface area contributed by atoms with Gasteiger partial charge in [0.05, 0.1) is 41.8 Å². The van der Waals surface area contributed by atoms with E-state index in [1.54, 1.807) is 16.9 Å². The average Bonchev–Trinajstić information content (AvgIpc) is 3.75. The molecule has 1 fully saturated rings. The molecule has 228 valence electrons. The zero-order valence-corrected chi connectivity index (χ0v) is 24.9. The number of nitrogen functional groups attached to an aromatic ring is 1. The molecule has 2 aliphatic rings. The summed E-state index contributed by atoms with van der Waals surface area (Å²) in [6.45, 7) is 0.549. The molecule has 0 spiro atoms. The number of ketones is 1. The largest absolute Gasteiger partial charge is 0.543 e. The summed E-state index contributed by atoms with van der Waals surface area (Å²) in [5.41, 5.74) is 17.5. The summed E-state index contributed by atoms with van der Waals surface area (Å²) in [6, 6.07) is 3.57. The maximum Gasteiger partial charge on any atom is 0.307 e. The van der Waals surface area contributed by atoms with E-state index >= 15 is 0 Å². The Kier molecular flexibility index (Phi) is 7.56. The van der Waals surface area contributed by atoms with Crippen molar-refractivity contribution in [2.24, 2.45) is 27.5 Å². The zero-order valence-electron chi connectivity index (χ0n) is 22.5. The number of imidazole rings is 1. The second-order valence-corrected chi connectivity index (χ2v) is 12.6. The van der Waals surface area contributed by atoms with Crippen molar-refractivity contribution in [2.45, 2.75) is 24.9 Å². The van der Waals surface area contributed by atoms with Gasteiger partial charge in [0, 0.05) is 18.2 Å². The third-order valence-electron chi connectivity index (χ3n) is 7.11. The van der Waals surface area contributed by atoms with Crippen LogP contribution in [-0.2, 0) is 27.5 Å². The number of aliphatic carboxylic acids is 1. The number of hydrogen-bond acceptors (Lipinski definition) is 12. The lowest BCUT2D eigenvalue weighted by Crippen LogP contribution is -2.63. The highest BCUT2D eigenvalue weighted by Crippen LogP contribution is 2.45. The summed E-state index contributed by atoms with van der Waals surface area (Å²) in [6.07, 6.45) is 6.55. The quantitative estimate of drug-likeness (QED) is 0.0428. The van der Waals surface area contributed by atoms with Gasteiger partial charge in [0.1, 0.15) is 40.5 Å². The molecule has 0 radical (unpaired) electrons. The molecule has 6 rings (SSSR count). The molecule has 0 unspecified atom stereocenters. The lowest BCUT2D eigenvalue weighted by atomic mass is 9.89. The van der Waals surface area contributed by atoms with Crippen LogP contribution in [0.1, 0.15) is 17.9 Å². The Morgan fingerprint density at radius 1 is 1.32 bits per heavy atom. The molecule has 6 heterocycles. The Hall–Kier alpha value is -4.81. The topological polar surface area (TPSA) is 240 Å². The first-order valence-electron chi connectivity index (χ1n) is 12.8. The fourth-order valence-electron chi connectivity index (χ4n) is 5.25. The van der Waals surface area contributed by atoms with Gasteiger partial charge in [0.25, 0.3) is 0 Å². The molecule has 16 nitrogen and oxygen atoms in total. The van der Waals surface area contributed by atoms with Crippen LogP contribution in [0.25, 0.3) is 5.65 Å². The van der Waals surface area contributed by atoms with Gasteiger partial charge in [-0.2, -0.15) is 0 Å². The van der Waals surface area contributed by atoms with Gasteiger partial charge in [-0.25, -0.2) is 19.2 Å². The second-order valence-electron chi connectivity index (χ2n) is 9.86. The molecule has 44 heavy (non-hydrogen) atoms. The molecule has 4 aromatic heterocycles. The molecule has 2 aliphatic heterocycles. The molecular weight excluding hydrogens is 636 g/mol. The van der Waals surface area contributed by atoms with Crippen LogP contribution in [0.5, 0.6) is 0 Å². The van der Waals surface area contributed by atoms with Crippen molar-refractivity contribution in [3.63, 3.8) is 0 Å². The Labute approximate surface area is 260 Å². The highest BCUT2D eigenvalue weighted by atomic mass is 35.5. The van der Waals surface area contributed by atoms with Crippen molar-refractivity contribution in [1.82, 2.24) is 19.1 Å². The number of β-lactam (4-membered cyclic amide) rings is 1. The van der Waals surface area contributed by atoms with Crippen LogP contribution in [0.4, 0.5) is 10.8 Å². The number of thioether (sulfide) groups is 1. The van der Waals surface area contributed by atoms with E-state index in [0.717, 1.165) is 21.9 Å². The number of anilines is 1. The van der Waals surface area contributed by atoms with Gasteiger partial charge in [0.2, 0.25) is 5.91 Å². The van der Waals surface area contributed by atoms with Gasteiger partial charge >= 0.3 is 5.65 Å². The summed E-state index contributed by atoms with van der Waals surface area (Å²) in [4.78, 5) is 47.5. The Bertz CT molecular complexity index is 1920. The van der Waals surface area contributed by atoms with Gasteiger partial charge in [-0.05, 0) is 5.57 Å². The summed E-state index contributed by atoms with van der Waals surface area (Å²) in [5.74, 6) is -2.75. The number of carbonyl (C=O) groups is 3. The number of fused-ring (bicyclic) bond motifs is 2. The van der Waals surface area contributed by atoms with Crippen LogP contribution < -0.4 is 26.9 Å². The minimum atomic E-state index is -1.49. The SMILES string of the molecule is NC(N)=Nc1coc(C[n+]2ccn3c2ccn3CC2=C(C(=O)[O-])N3C(=O)[C@@H](CC(=O)/C(=N\O)c4nc(N)sc4Cl)[C@H]3SC2)c1. The van der Waals surface area contributed by atoms with E-state index in [0.29, 0.717) is 23.6 Å². The molecule has 0 saturated carbocycles. The Balaban J connectivity index is 1.19. The van der Waals surface area contributed by atoms with Gasteiger partial charge in [-0.15, -0.1) is 16.3 Å². The van der Waals surface area contributed by atoms with E-state index in [1.165, 1.54) is 18.0 Å². The molecule has 7 N–H and O–H groups in total. The highest BCUT2D eigenvalue weighted by Gasteiger charge is 2.53. The number of rotatable bonds is 10. The number of hydrogen-bond donors (Lipinski definition) is 4. The van der Waals surface area contributed by atoms with E-state index in [2.05, 4.69) is 15.1 Å². The molecule has 0 aromatic carbocycles. The summed E-state index contributed by atoms with van der Waals surface area (Å²) < 4.78 is 11.2. The van der Waals surface area contributed by atoms with E-state index < -0.39 is 34.7 Å². The first-order chi connectivity index (χ1) is 21.0. The maximum atomic E-state index is 13.2. The van der Waals surface area contributed by atoms with Crippen molar-refractivity contribution in [2.75, 3.05) is 11.5 Å². The number of furan rings is 1. The monoisotopic (exact) mass is 658 g/mol. The molecule has 0 bridgehead atoms. The lowest BCUT2D eigenvalue weighted by Gasteiger charge is -2.50. The minimum Gasteiger partial charge on any atom is -0.543 e. The van der Waals surface area contributed by atoms with Crippen LogP contribution in [0.15, 0.2) is 62.8 Å². The summed E-state index contributed by atoms with van der Waals surface area (Å²) in [7, 11) is 0. The smallest absolute Gasteiger partial charge is 0.307 e. The van der Waals surface area contributed by atoms with Crippen LogP contribution in [-0.4, -0.2) is 64.7 Å². The number of oxime groups is 1. The number of carboxylic acids is 1. The fraction of sp³-hybridized carbons (Fsp3) is 0.240. The van der Waals surface area contributed by atoms with Crippen molar-refractivity contribution >= 4 is 80.5 Å². The minimum absolute atomic E-state index is 0.0642. The number of Topliss-reactive ketones (excluding diaryl/α,β-unsaturated/α-hetero) is 1. The van der Waals surface area contributed by atoms with Gasteiger partial charge in [-0.3, -0.25) is 14.5 Å². The third-order valence-corrected chi connectivity index (χ3v) is 9.59. The van der Waals surface area contributed by atoms with E-state index in [4.69, 9.17) is 33.2 Å². The number of nitrogens with zero attached hydrogens (tertiary/aromatic N) is 7. The molecule has 4 aromatic rings. The number of aromatic nitrogens is 4. The Morgan fingerprint density at radius 2 is 2.11 bits per heavy atom. The number of amides is 1. The molecule has 19 heteroatoms. The summed E-state index contributed by atoms with van der Waals surface area (Å²) >= 11 is 8.30. The van der Waals surface area contributed by atoms with Crippen LogP contribution >= 0.6 is 34.7 Å². The number of nitrogens with two attached hydrogens (primary N) is 3. The number of carboxylic acid groups (broad SMARTS) is 1. The number of thiazole rings is 1. The zero-order chi connectivity index (χ0) is 31.3. The predicted octanol–water partition coefficient (Wildman–Crippen LogP) is -0.360. The van der Waals surface area contributed by atoms with Crippen molar-refractivity contribution in [3.8, 4) is 0 Å². The van der Waals surface area contributed by atoms with Crippen LogP contribution in [0.2, 0.25) is 4.34 Å². The van der Waals surface area contributed by atoms with Crippen LogP contribution in [0.3, 0.4) is 0 Å². The molecule has 0 aliphatic carbocycles. The van der Waals surface area contributed by atoms with Gasteiger partial charge < -0.3 is 36.7 Å². The number of aliphatic imine (C=N–C) groups is 1. The number of carbonyl (C=O) groups excluding carboxylic acids is 3. The van der Waals surface area contributed by atoms with Crippen LogP contribution in [0, 0.1) is 5.92 Å². The van der Waals surface area contributed by atoms with E-state index in [1.807, 2.05) is 27.5 Å². The van der Waals surface area contributed by atoms with Crippen molar-refractivity contribution in [1.29, 1.82) is 0 Å².